The van der Waals surface area contributed by atoms with E-state index in [1.165, 1.54) is 12.1 Å². The quantitative estimate of drug-likeness (QED) is 0.517. The van der Waals surface area contributed by atoms with Gasteiger partial charge in [-0.1, -0.05) is 48.0 Å². The molecule has 0 aliphatic heterocycles. The van der Waals surface area contributed by atoms with Crippen LogP contribution in [-0.4, -0.2) is 44.1 Å². The standard InChI is InChI=1S/C23H26O7S/c1-4-29-22(25)15-21(31(27,28)19-12-10-16(2)11-13-19)23(26)20(30-17(3)24)14-18-8-6-5-7-9-18/h5-13,20-21H,4,14-15H2,1-3H3/t20-,21?/m0/s1. The number of rotatable bonds is 10. The van der Waals surface area contributed by atoms with Crippen molar-refractivity contribution in [1.82, 2.24) is 0 Å². The van der Waals surface area contributed by atoms with Gasteiger partial charge in [-0.05, 0) is 31.5 Å². The summed E-state index contributed by atoms with van der Waals surface area (Å²) in [7, 11) is -4.25. The minimum absolute atomic E-state index is 0.0119. The summed E-state index contributed by atoms with van der Waals surface area (Å²) in [5.74, 6) is -2.41. The fourth-order valence-corrected chi connectivity index (χ4v) is 4.72. The first kappa shape index (κ1) is 24.3. The van der Waals surface area contributed by atoms with Crippen molar-refractivity contribution >= 4 is 27.6 Å². The lowest BCUT2D eigenvalue weighted by Gasteiger charge is -2.22. The SMILES string of the molecule is CCOC(=O)CC(C(=O)[C@H](Cc1ccccc1)OC(C)=O)S(=O)(=O)c1ccc(C)cc1. The fraction of sp³-hybridized carbons (Fsp3) is 0.348. The van der Waals surface area contributed by atoms with Crippen LogP contribution in [0.3, 0.4) is 0 Å². The first-order valence-corrected chi connectivity index (χ1v) is 11.4. The van der Waals surface area contributed by atoms with Gasteiger partial charge in [0.2, 0.25) is 0 Å². The minimum Gasteiger partial charge on any atom is -0.466 e. The van der Waals surface area contributed by atoms with Crippen molar-refractivity contribution in [2.24, 2.45) is 0 Å². The highest BCUT2D eigenvalue weighted by Gasteiger charge is 2.41. The monoisotopic (exact) mass is 446 g/mol. The van der Waals surface area contributed by atoms with Crippen LogP contribution in [0.4, 0.5) is 0 Å². The zero-order valence-electron chi connectivity index (χ0n) is 17.7. The lowest BCUT2D eigenvalue weighted by Crippen LogP contribution is -2.42. The Morgan fingerprint density at radius 2 is 1.58 bits per heavy atom. The van der Waals surface area contributed by atoms with Gasteiger partial charge in [0, 0.05) is 13.3 Å². The summed E-state index contributed by atoms with van der Waals surface area (Å²) in [6.07, 6.45) is -2.04. The van der Waals surface area contributed by atoms with Crippen LogP contribution in [-0.2, 0) is 40.1 Å². The molecule has 0 saturated heterocycles. The summed E-state index contributed by atoms with van der Waals surface area (Å²) < 4.78 is 36.7. The maximum Gasteiger partial charge on any atom is 0.307 e. The van der Waals surface area contributed by atoms with Crippen molar-refractivity contribution in [2.75, 3.05) is 6.61 Å². The summed E-state index contributed by atoms with van der Waals surface area (Å²) in [6, 6.07) is 14.7. The lowest BCUT2D eigenvalue weighted by atomic mass is 10.0. The number of hydrogen-bond acceptors (Lipinski definition) is 7. The van der Waals surface area contributed by atoms with E-state index in [1.54, 1.807) is 56.3 Å². The Morgan fingerprint density at radius 1 is 0.968 bits per heavy atom. The second-order valence-corrected chi connectivity index (χ2v) is 9.18. The normalized spacial score (nSPS) is 13.1. The smallest absolute Gasteiger partial charge is 0.307 e. The van der Waals surface area contributed by atoms with E-state index in [0.29, 0.717) is 5.56 Å². The van der Waals surface area contributed by atoms with Crippen molar-refractivity contribution in [2.45, 2.75) is 49.9 Å². The zero-order valence-corrected chi connectivity index (χ0v) is 18.6. The van der Waals surface area contributed by atoms with Gasteiger partial charge in [-0.15, -0.1) is 0 Å². The third-order valence-corrected chi connectivity index (χ3v) is 6.67. The average Bonchev–Trinajstić information content (AvgIpc) is 2.72. The molecule has 0 aliphatic carbocycles. The molecule has 0 radical (unpaired) electrons. The van der Waals surface area contributed by atoms with E-state index in [9.17, 15) is 22.8 Å². The summed E-state index contributed by atoms with van der Waals surface area (Å²) in [6.45, 7) is 4.57. The Balaban J connectivity index is 2.45. The summed E-state index contributed by atoms with van der Waals surface area (Å²) >= 11 is 0. The number of aryl methyl sites for hydroxylation is 1. The van der Waals surface area contributed by atoms with Gasteiger partial charge in [0.05, 0.1) is 17.9 Å². The van der Waals surface area contributed by atoms with Crippen molar-refractivity contribution < 1.29 is 32.3 Å². The number of ether oxygens (including phenoxy) is 2. The first-order valence-electron chi connectivity index (χ1n) is 9.86. The Labute approximate surface area is 182 Å². The molecule has 2 aromatic rings. The second-order valence-electron chi connectivity index (χ2n) is 7.05. The van der Waals surface area contributed by atoms with Crippen LogP contribution in [0.1, 0.15) is 31.4 Å². The highest BCUT2D eigenvalue weighted by molar-refractivity contribution is 7.92. The van der Waals surface area contributed by atoms with E-state index in [2.05, 4.69) is 0 Å². The van der Waals surface area contributed by atoms with Gasteiger partial charge in [-0.2, -0.15) is 0 Å². The third kappa shape index (κ3) is 6.75. The number of benzene rings is 2. The van der Waals surface area contributed by atoms with Gasteiger partial charge in [-0.25, -0.2) is 8.42 Å². The molecule has 1 unspecified atom stereocenters. The molecule has 31 heavy (non-hydrogen) atoms. The third-order valence-electron chi connectivity index (χ3n) is 4.59. The highest BCUT2D eigenvalue weighted by atomic mass is 32.2. The molecular formula is C23H26O7S. The van der Waals surface area contributed by atoms with Gasteiger partial charge >= 0.3 is 11.9 Å². The van der Waals surface area contributed by atoms with E-state index in [0.717, 1.165) is 12.5 Å². The molecule has 2 rings (SSSR count). The topological polar surface area (TPSA) is 104 Å². The Kier molecular flexibility index (Phi) is 8.50. The second kappa shape index (κ2) is 10.9. The Morgan fingerprint density at radius 3 is 2.13 bits per heavy atom. The molecule has 2 atom stereocenters. The van der Waals surface area contributed by atoms with Crippen LogP contribution < -0.4 is 0 Å². The minimum atomic E-state index is -4.25. The predicted octanol–water partition coefficient (Wildman–Crippen LogP) is 2.83. The van der Waals surface area contributed by atoms with Crippen LogP contribution in [0.15, 0.2) is 59.5 Å². The molecule has 0 spiro atoms. The van der Waals surface area contributed by atoms with E-state index in [1.807, 2.05) is 0 Å². The molecule has 0 bridgehead atoms. The molecule has 0 fully saturated rings. The number of sulfone groups is 1. The number of Topliss-reactive ketones (excluding diaryl/α,β-unsaturated/α-hetero) is 1. The van der Waals surface area contributed by atoms with E-state index < -0.39 is 45.3 Å². The summed E-state index contributed by atoms with van der Waals surface area (Å²) in [4.78, 5) is 37.0. The zero-order chi connectivity index (χ0) is 23.0. The molecule has 0 saturated carbocycles. The van der Waals surface area contributed by atoms with Gasteiger partial charge < -0.3 is 9.47 Å². The number of carbonyl (C=O) groups is 3. The lowest BCUT2D eigenvalue weighted by molar-refractivity contribution is -0.153. The molecular weight excluding hydrogens is 420 g/mol. The van der Waals surface area contributed by atoms with Crippen molar-refractivity contribution in [1.29, 1.82) is 0 Å². The molecule has 0 aliphatic rings. The molecule has 0 N–H and O–H groups in total. The van der Waals surface area contributed by atoms with Gasteiger partial charge in [0.25, 0.3) is 0 Å². The van der Waals surface area contributed by atoms with Crippen LogP contribution in [0.5, 0.6) is 0 Å². The molecule has 7 nitrogen and oxygen atoms in total. The maximum absolute atomic E-state index is 13.3. The summed E-state index contributed by atoms with van der Waals surface area (Å²) in [5, 5.41) is -1.75. The van der Waals surface area contributed by atoms with Crippen molar-refractivity contribution in [3.63, 3.8) is 0 Å². The molecule has 0 heterocycles. The van der Waals surface area contributed by atoms with Crippen LogP contribution in [0, 0.1) is 6.92 Å². The molecule has 2 aromatic carbocycles. The number of hydrogen-bond donors (Lipinski definition) is 0. The number of ketones is 1. The maximum atomic E-state index is 13.3. The van der Waals surface area contributed by atoms with E-state index in [-0.39, 0.29) is 17.9 Å². The molecule has 0 amide bonds. The number of esters is 2. The van der Waals surface area contributed by atoms with E-state index in [4.69, 9.17) is 9.47 Å². The van der Waals surface area contributed by atoms with Crippen molar-refractivity contribution in [3.8, 4) is 0 Å². The van der Waals surface area contributed by atoms with Crippen LogP contribution in [0.2, 0.25) is 0 Å². The van der Waals surface area contributed by atoms with Gasteiger partial charge in [0.1, 0.15) is 5.25 Å². The molecule has 0 aromatic heterocycles. The highest BCUT2D eigenvalue weighted by Crippen LogP contribution is 2.23. The van der Waals surface area contributed by atoms with Crippen LogP contribution >= 0.6 is 0 Å². The largest absolute Gasteiger partial charge is 0.466 e. The number of carbonyl (C=O) groups excluding carboxylic acids is 3. The van der Waals surface area contributed by atoms with E-state index >= 15 is 0 Å². The van der Waals surface area contributed by atoms with Gasteiger partial charge in [-0.3, -0.25) is 14.4 Å². The molecule has 166 valence electrons. The fourth-order valence-electron chi connectivity index (χ4n) is 3.06. The van der Waals surface area contributed by atoms with Crippen molar-refractivity contribution in [3.05, 3.63) is 65.7 Å². The predicted molar refractivity (Wildman–Crippen MR) is 114 cm³/mol. The van der Waals surface area contributed by atoms with Gasteiger partial charge in [0.15, 0.2) is 21.7 Å². The van der Waals surface area contributed by atoms with Crippen LogP contribution in [0.25, 0.3) is 0 Å². The summed E-state index contributed by atoms with van der Waals surface area (Å²) in [5.41, 5.74) is 1.53. The average molecular weight is 447 g/mol. The molecule has 8 heteroatoms. The first-order chi connectivity index (χ1) is 14.6. The Hall–Kier alpha value is -3.00. The Bertz CT molecular complexity index is 1010.